The van der Waals surface area contributed by atoms with Crippen molar-refractivity contribution in [2.45, 2.75) is 6.92 Å². The Bertz CT molecular complexity index is 1370. The Morgan fingerprint density at radius 2 is 1.79 bits per heavy atom. The van der Waals surface area contributed by atoms with Crippen LogP contribution in [-0.4, -0.2) is 24.9 Å². The molecular formula is C25H16ClI2NO5. The number of carbonyl (C=O) groups is 2. The molecule has 172 valence electrons. The minimum absolute atomic E-state index is 0.162. The van der Waals surface area contributed by atoms with E-state index in [-0.39, 0.29) is 17.3 Å². The number of nitrogens with zero attached hydrogens (tertiary/aromatic N) is 1. The van der Waals surface area contributed by atoms with E-state index in [1.807, 2.05) is 47.7 Å². The van der Waals surface area contributed by atoms with Gasteiger partial charge in [0.2, 0.25) is 5.90 Å². The zero-order chi connectivity index (χ0) is 24.4. The Hall–Kier alpha value is -2.44. The second-order valence-corrected chi connectivity index (χ2v) is 9.99. The van der Waals surface area contributed by atoms with Crippen LogP contribution in [-0.2, 0) is 9.53 Å². The molecule has 3 aromatic rings. The van der Waals surface area contributed by atoms with Crippen molar-refractivity contribution in [3.05, 3.63) is 94.7 Å². The number of hydrogen-bond acceptors (Lipinski definition) is 6. The van der Waals surface area contributed by atoms with Crippen molar-refractivity contribution in [1.82, 2.24) is 0 Å². The molecule has 0 fully saturated rings. The average Bonchev–Trinajstić information content (AvgIpc) is 3.17. The minimum Gasteiger partial charge on any atom is -0.493 e. The van der Waals surface area contributed by atoms with Crippen LogP contribution in [0, 0.1) is 14.1 Å². The molecule has 4 rings (SSSR count). The monoisotopic (exact) mass is 699 g/mol. The first-order chi connectivity index (χ1) is 16.2. The second-order valence-electron chi connectivity index (χ2n) is 7.23. The van der Waals surface area contributed by atoms with E-state index < -0.39 is 11.9 Å². The van der Waals surface area contributed by atoms with E-state index in [1.54, 1.807) is 42.5 Å². The van der Waals surface area contributed by atoms with Crippen LogP contribution in [0.15, 0.2) is 65.3 Å². The van der Waals surface area contributed by atoms with E-state index in [0.29, 0.717) is 25.5 Å². The molecule has 3 aromatic carbocycles. The molecule has 1 heterocycles. The van der Waals surface area contributed by atoms with Crippen LogP contribution in [0.3, 0.4) is 0 Å². The molecule has 0 spiro atoms. The van der Waals surface area contributed by atoms with Crippen molar-refractivity contribution >= 4 is 80.7 Å². The zero-order valence-electron chi connectivity index (χ0n) is 17.9. The van der Waals surface area contributed by atoms with Gasteiger partial charge in [-0.3, -0.25) is 0 Å². The van der Waals surface area contributed by atoms with E-state index >= 15 is 0 Å². The van der Waals surface area contributed by atoms with Crippen LogP contribution in [0.25, 0.3) is 6.08 Å². The third-order valence-corrected chi connectivity index (χ3v) is 7.12. The summed E-state index contributed by atoms with van der Waals surface area (Å²) in [5.41, 5.74) is 2.96. The predicted octanol–water partition coefficient (Wildman–Crippen LogP) is 6.43. The molecule has 6 nitrogen and oxygen atoms in total. The van der Waals surface area contributed by atoms with Gasteiger partial charge < -0.3 is 14.2 Å². The second kappa shape index (κ2) is 10.4. The maximum absolute atomic E-state index is 12.6. The maximum Gasteiger partial charge on any atom is 0.363 e. The Balaban J connectivity index is 1.62. The van der Waals surface area contributed by atoms with Gasteiger partial charge in [-0.05, 0) is 124 Å². The van der Waals surface area contributed by atoms with Crippen LogP contribution >= 0.6 is 56.8 Å². The number of rotatable bonds is 5. The SMILES string of the molecule is COc1cc(/C=C2\N=C(c3ccc(I)c(C)c3)OC2=O)cc(I)c1OC(=O)c1ccc(Cl)cc1. The van der Waals surface area contributed by atoms with Gasteiger partial charge in [0.05, 0.1) is 16.2 Å². The van der Waals surface area contributed by atoms with Gasteiger partial charge in [0.1, 0.15) is 0 Å². The summed E-state index contributed by atoms with van der Waals surface area (Å²) in [6, 6.07) is 15.5. The molecule has 9 heteroatoms. The van der Waals surface area contributed by atoms with Crippen LogP contribution in [0.2, 0.25) is 5.02 Å². The number of carbonyl (C=O) groups excluding carboxylic acids is 2. The molecule has 34 heavy (non-hydrogen) atoms. The highest BCUT2D eigenvalue weighted by molar-refractivity contribution is 14.1. The summed E-state index contributed by atoms with van der Waals surface area (Å²) in [5, 5.41) is 0.523. The van der Waals surface area contributed by atoms with E-state index in [1.165, 1.54) is 7.11 Å². The molecule has 0 aliphatic carbocycles. The Kier molecular flexibility index (Phi) is 7.58. The third-order valence-electron chi connectivity index (χ3n) is 4.86. The fourth-order valence-corrected chi connectivity index (χ4v) is 4.32. The smallest absolute Gasteiger partial charge is 0.363 e. The van der Waals surface area contributed by atoms with Crippen molar-refractivity contribution < 1.29 is 23.8 Å². The molecule has 0 unspecified atom stereocenters. The molecule has 0 saturated heterocycles. The number of halogens is 3. The number of benzene rings is 3. The first-order valence-corrected chi connectivity index (χ1v) is 12.4. The van der Waals surface area contributed by atoms with E-state index in [9.17, 15) is 9.59 Å². The van der Waals surface area contributed by atoms with Crippen molar-refractivity contribution in [3.63, 3.8) is 0 Å². The van der Waals surface area contributed by atoms with Crippen molar-refractivity contribution in [2.24, 2.45) is 4.99 Å². The number of cyclic esters (lactones) is 1. The summed E-state index contributed by atoms with van der Waals surface area (Å²) in [6.45, 7) is 1.98. The highest BCUT2D eigenvalue weighted by Crippen LogP contribution is 2.35. The van der Waals surface area contributed by atoms with Gasteiger partial charge in [0.15, 0.2) is 17.2 Å². The first-order valence-electron chi connectivity index (χ1n) is 9.89. The zero-order valence-corrected chi connectivity index (χ0v) is 23.0. The number of hydrogen-bond donors (Lipinski definition) is 0. The lowest BCUT2D eigenvalue weighted by Crippen LogP contribution is -2.10. The summed E-state index contributed by atoms with van der Waals surface area (Å²) in [6.07, 6.45) is 1.60. The molecular weight excluding hydrogens is 684 g/mol. The minimum atomic E-state index is -0.543. The van der Waals surface area contributed by atoms with Gasteiger partial charge in [-0.1, -0.05) is 11.6 Å². The average molecular weight is 700 g/mol. The van der Waals surface area contributed by atoms with E-state index in [2.05, 4.69) is 27.6 Å². The van der Waals surface area contributed by atoms with Gasteiger partial charge in [-0.2, -0.15) is 0 Å². The quantitative estimate of drug-likeness (QED) is 0.133. The maximum atomic E-state index is 12.6. The largest absolute Gasteiger partial charge is 0.493 e. The number of aliphatic imine (C=N–C) groups is 1. The van der Waals surface area contributed by atoms with Crippen molar-refractivity contribution in [1.29, 1.82) is 0 Å². The molecule has 0 amide bonds. The van der Waals surface area contributed by atoms with Gasteiger partial charge in [-0.15, -0.1) is 0 Å². The number of aryl methyl sites for hydroxylation is 1. The number of methoxy groups -OCH3 is 1. The molecule has 0 N–H and O–H groups in total. The van der Waals surface area contributed by atoms with Crippen LogP contribution in [0.1, 0.15) is 27.0 Å². The fourth-order valence-electron chi connectivity index (χ4n) is 3.13. The lowest BCUT2D eigenvalue weighted by atomic mass is 10.1. The normalized spacial score (nSPS) is 14.1. The summed E-state index contributed by atoms with van der Waals surface area (Å²) in [5.74, 6) is -0.215. The Morgan fingerprint density at radius 1 is 1.06 bits per heavy atom. The first kappa shape index (κ1) is 24.7. The molecule has 0 atom stereocenters. The van der Waals surface area contributed by atoms with Crippen LogP contribution < -0.4 is 9.47 Å². The summed E-state index contributed by atoms with van der Waals surface area (Å²) >= 11 is 10.2. The Morgan fingerprint density at radius 3 is 2.47 bits per heavy atom. The molecule has 0 bridgehead atoms. The molecule has 0 radical (unpaired) electrons. The number of ether oxygens (including phenoxy) is 3. The van der Waals surface area contributed by atoms with Gasteiger partial charge >= 0.3 is 11.9 Å². The third kappa shape index (κ3) is 5.44. The van der Waals surface area contributed by atoms with Gasteiger partial charge in [0.25, 0.3) is 0 Å². The Labute approximate surface area is 228 Å². The van der Waals surface area contributed by atoms with Crippen molar-refractivity contribution in [2.75, 3.05) is 7.11 Å². The summed E-state index contributed by atoms with van der Waals surface area (Å²) in [4.78, 5) is 29.4. The summed E-state index contributed by atoms with van der Waals surface area (Å²) < 4.78 is 18.1. The standard InChI is InChI=1S/C25H16ClI2NO5/c1-13-9-16(5-8-18(13)27)23-29-20(25(31)34-23)11-14-10-19(28)22(21(12-14)32-2)33-24(30)15-3-6-17(26)7-4-15/h3-12H,1-2H3/b20-11-. The molecule has 1 aliphatic heterocycles. The van der Waals surface area contributed by atoms with Gasteiger partial charge in [0, 0.05) is 14.2 Å². The highest BCUT2D eigenvalue weighted by atomic mass is 127. The molecule has 0 saturated carbocycles. The van der Waals surface area contributed by atoms with Crippen molar-refractivity contribution in [3.8, 4) is 11.5 Å². The lowest BCUT2D eigenvalue weighted by Gasteiger charge is -2.12. The highest BCUT2D eigenvalue weighted by Gasteiger charge is 2.25. The van der Waals surface area contributed by atoms with Crippen LogP contribution in [0.5, 0.6) is 11.5 Å². The number of esters is 2. The van der Waals surface area contributed by atoms with E-state index in [0.717, 1.165) is 14.7 Å². The van der Waals surface area contributed by atoms with Gasteiger partial charge in [-0.25, -0.2) is 14.6 Å². The van der Waals surface area contributed by atoms with E-state index in [4.69, 9.17) is 25.8 Å². The topological polar surface area (TPSA) is 74.2 Å². The predicted molar refractivity (Wildman–Crippen MR) is 147 cm³/mol. The fraction of sp³-hybridized carbons (Fsp3) is 0.0800. The molecule has 1 aliphatic rings. The molecule has 0 aromatic heterocycles. The summed E-state index contributed by atoms with van der Waals surface area (Å²) in [7, 11) is 1.47. The van der Waals surface area contributed by atoms with Crippen LogP contribution in [0.4, 0.5) is 0 Å². The lowest BCUT2D eigenvalue weighted by molar-refractivity contribution is -0.129.